The molecule has 2 heterocycles. The summed E-state index contributed by atoms with van der Waals surface area (Å²) in [4.78, 5) is 2.50. The lowest BCUT2D eigenvalue weighted by atomic mass is 10.0. The first kappa shape index (κ1) is 16.2. The smallest absolute Gasteiger partial charge is 0.0956 e. The van der Waals surface area contributed by atoms with Crippen molar-refractivity contribution >= 4 is 0 Å². The number of ether oxygens (including phenoxy) is 1. The summed E-state index contributed by atoms with van der Waals surface area (Å²) in [6, 6.07) is 10.6. The van der Waals surface area contributed by atoms with Gasteiger partial charge in [-0.15, -0.1) is 0 Å². The van der Waals surface area contributed by atoms with Crippen LogP contribution in [0.3, 0.4) is 0 Å². The first-order valence-electron chi connectivity index (χ1n) is 8.59. The van der Waals surface area contributed by atoms with Gasteiger partial charge in [-0.05, 0) is 18.4 Å². The Morgan fingerprint density at radius 1 is 1.22 bits per heavy atom. The summed E-state index contributed by atoms with van der Waals surface area (Å²) in [6.45, 7) is 10.4. The van der Waals surface area contributed by atoms with Crippen molar-refractivity contribution in [1.29, 1.82) is 0 Å². The largest absolute Gasteiger partial charge is 0.367 e. The molecule has 1 saturated heterocycles. The van der Waals surface area contributed by atoms with E-state index in [4.69, 9.17) is 4.74 Å². The minimum atomic E-state index is 0.151. The highest BCUT2D eigenvalue weighted by atomic mass is 16.5. The quantitative estimate of drug-likeness (QED) is 0.846. The molecule has 0 bridgehead atoms. The summed E-state index contributed by atoms with van der Waals surface area (Å²) in [5.74, 6) is 0.516. The minimum Gasteiger partial charge on any atom is -0.367 e. The van der Waals surface area contributed by atoms with Crippen molar-refractivity contribution in [2.24, 2.45) is 5.92 Å². The fourth-order valence-electron chi connectivity index (χ4n) is 3.13. The first-order valence-corrected chi connectivity index (χ1v) is 8.59. The summed E-state index contributed by atoms with van der Waals surface area (Å²) in [6.07, 6.45) is 4.56. The predicted octanol–water partition coefficient (Wildman–Crippen LogP) is 3.50. The highest BCUT2D eigenvalue weighted by Crippen LogP contribution is 2.28. The van der Waals surface area contributed by atoms with Crippen LogP contribution in [0.25, 0.3) is 0 Å². The molecule has 0 radical (unpaired) electrons. The molecule has 0 saturated carbocycles. The molecular weight excluding hydrogens is 286 g/mol. The number of hydrogen-bond acceptors (Lipinski definition) is 3. The molecule has 3 rings (SSSR count). The Morgan fingerprint density at radius 3 is 2.65 bits per heavy atom. The zero-order valence-electron chi connectivity index (χ0n) is 14.4. The lowest BCUT2D eigenvalue weighted by molar-refractivity contribution is -0.107. The highest BCUT2D eigenvalue weighted by Gasteiger charge is 2.30. The number of morpholine rings is 1. The van der Waals surface area contributed by atoms with E-state index < -0.39 is 0 Å². The van der Waals surface area contributed by atoms with E-state index in [1.807, 2.05) is 10.9 Å². The number of aromatic nitrogens is 2. The van der Waals surface area contributed by atoms with E-state index in [0.717, 1.165) is 26.2 Å². The molecule has 2 aromatic rings. The maximum Gasteiger partial charge on any atom is 0.0956 e. The van der Waals surface area contributed by atoms with Gasteiger partial charge in [0.05, 0.1) is 18.4 Å². The Bertz CT molecular complexity index is 608. The molecule has 1 aliphatic heterocycles. The van der Waals surface area contributed by atoms with E-state index in [0.29, 0.717) is 5.92 Å². The number of rotatable bonds is 5. The zero-order valence-corrected chi connectivity index (χ0v) is 14.4. The second-order valence-corrected chi connectivity index (χ2v) is 6.72. The van der Waals surface area contributed by atoms with Crippen LogP contribution in [0.1, 0.15) is 38.0 Å². The summed E-state index contributed by atoms with van der Waals surface area (Å²) < 4.78 is 8.36. The van der Waals surface area contributed by atoms with Crippen molar-refractivity contribution in [2.45, 2.75) is 46.1 Å². The molecule has 0 spiro atoms. The van der Waals surface area contributed by atoms with Gasteiger partial charge < -0.3 is 4.74 Å². The Kier molecular flexibility index (Phi) is 5.13. The Hall–Kier alpha value is -1.65. The SMILES string of the molecule is CCn1cc(CN2C[C@@H](c3ccccc3)O[C@@H](C(C)C)C2)cn1. The standard InChI is InChI=1S/C19H27N3O/c1-4-22-12-16(10-20-22)11-21-13-18(15(2)3)23-19(14-21)17-8-6-5-7-9-17/h5-10,12,15,18-19H,4,11,13-14H2,1-3H3/t18-,19+/m1/s1. The molecule has 0 aliphatic carbocycles. The van der Waals surface area contributed by atoms with Crippen LogP contribution in [0.15, 0.2) is 42.7 Å². The molecule has 1 fully saturated rings. The van der Waals surface area contributed by atoms with Gasteiger partial charge in [-0.25, -0.2) is 0 Å². The van der Waals surface area contributed by atoms with E-state index in [-0.39, 0.29) is 12.2 Å². The predicted molar refractivity (Wildman–Crippen MR) is 92.1 cm³/mol. The topological polar surface area (TPSA) is 30.3 Å². The van der Waals surface area contributed by atoms with E-state index in [9.17, 15) is 0 Å². The van der Waals surface area contributed by atoms with Gasteiger partial charge in [-0.3, -0.25) is 9.58 Å². The second-order valence-electron chi connectivity index (χ2n) is 6.72. The van der Waals surface area contributed by atoms with Crippen LogP contribution in [0.4, 0.5) is 0 Å². The molecule has 1 aromatic heterocycles. The van der Waals surface area contributed by atoms with Gasteiger partial charge in [0.2, 0.25) is 0 Å². The molecule has 0 amide bonds. The molecule has 4 nitrogen and oxygen atoms in total. The van der Waals surface area contributed by atoms with Crippen LogP contribution in [-0.2, 0) is 17.8 Å². The van der Waals surface area contributed by atoms with Gasteiger partial charge in [0, 0.05) is 37.9 Å². The third-order valence-electron chi connectivity index (χ3n) is 4.53. The molecule has 23 heavy (non-hydrogen) atoms. The van der Waals surface area contributed by atoms with Gasteiger partial charge in [0.25, 0.3) is 0 Å². The van der Waals surface area contributed by atoms with Crippen molar-refractivity contribution < 1.29 is 4.74 Å². The highest BCUT2D eigenvalue weighted by molar-refractivity contribution is 5.18. The number of nitrogens with zero attached hydrogens (tertiary/aromatic N) is 3. The Morgan fingerprint density at radius 2 is 2.00 bits per heavy atom. The molecule has 1 aromatic carbocycles. The van der Waals surface area contributed by atoms with E-state index in [2.05, 4.69) is 67.3 Å². The monoisotopic (exact) mass is 313 g/mol. The average Bonchev–Trinajstić information content (AvgIpc) is 3.03. The third kappa shape index (κ3) is 4.01. The lowest BCUT2D eigenvalue weighted by Crippen LogP contribution is -2.45. The van der Waals surface area contributed by atoms with Crippen molar-refractivity contribution in [1.82, 2.24) is 14.7 Å². The molecule has 0 unspecified atom stereocenters. The molecule has 2 atom stereocenters. The van der Waals surface area contributed by atoms with Crippen LogP contribution in [0, 0.1) is 5.92 Å². The summed E-state index contributed by atoms with van der Waals surface area (Å²) in [5, 5.41) is 4.39. The fraction of sp³-hybridized carbons (Fsp3) is 0.526. The maximum atomic E-state index is 6.37. The third-order valence-corrected chi connectivity index (χ3v) is 4.53. The van der Waals surface area contributed by atoms with Crippen molar-refractivity contribution in [2.75, 3.05) is 13.1 Å². The Labute approximate surface area is 139 Å². The van der Waals surface area contributed by atoms with Gasteiger partial charge in [0.1, 0.15) is 0 Å². The van der Waals surface area contributed by atoms with Crippen molar-refractivity contribution in [3.05, 3.63) is 53.9 Å². The number of hydrogen-bond donors (Lipinski definition) is 0. The van der Waals surface area contributed by atoms with E-state index >= 15 is 0 Å². The summed E-state index contributed by atoms with van der Waals surface area (Å²) >= 11 is 0. The fourth-order valence-corrected chi connectivity index (χ4v) is 3.13. The van der Waals surface area contributed by atoms with Crippen LogP contribution in [0.5, 0.6) is 0 Å². The number of aryl methyl sites for hydroxylation is 1. The van der Waals surface area contributed by atoms with E-state index in [1.54, 1.807) is 0 Å². The summed E-state index contributed by atoms with van der Waals surface area (Å²) in [5.41, 5.74) is 2.55. The van der Waals surface area contributed by atoms with E-state index in [1.165, 1.54) is 11.1 Å². The second kappa shape index (κ2) is 7.28. The molecule has 0 N–H and O–H groups in total. The van der Waals surface area contributed by atoms with Crippen LogP contribution in [0.2, 0.25) is 0 Å². The normalized spacial score (nSPS) is 22.6. The van der Waals surface area contributed by atoms with Crippen molar-refractivity contribution in [3.63, 3.8) is 0 Å². The van der Waals surface area contributed by atoms with Gasteiger partial charge >= 0.3 is 0 Å². The molecular formula is C19H27N3O. The number of benzene rings is 1. The lowest BCUT2D eigenvalue weighted by Gasteiger charge is -2.40. The molecule has 1 aliphatic rings. The minimum absolute atomic E-state index is 0.151. The van der Waals surface area contributed by atoms with Crippen LogP contribution >= 0.6 is 0 Å². The first-order chi connectivity index (χ1) is 11.2. The van der Waals surface area contributed by atoms with Crippen LogP contribution < -0.4 is 0 Å². The van der Waals surface area contributed by atoms with Crippen LogP contribution in [-0.4, -0.2) is 33.9 Å². The average molecular weight is 313 g/mol. The maximum absolute atomic E-state index is 6.37. The van der Waals surface area contributed by atoms with Gasteiger partial charge in [0.15, 0.2) is 0 Å². The molecule has 124 valence electrons. The summed E-state index contributed by atoms with van der Waals surface area (Å²) in [7, 11) is 0. The van der Waals surface area contributed by atoms with Gasteiger partial charge in [-0.2, -0.15) is 5.10 Å². The van der Waals surface area contributed by atoms with Gasteiger partial charge in [-0.1, -0.05) is 44.2 Å². The molecule has 4 heteroatoms. The Balaban J connectivity index is 1.73. The zero-order chi connectivity index (χ0) is 16.2. The van der Waals surface area contributed by atoms with Crippen molar-refractivity contribution in [3.8, 4) is 0 Å².